The standard InChI is InChI=1S/C29H33BrN4O3/c1-29(2,3)37-28(36)32-15-13-18(14-16-32)19-11-12-22-24(17-19)33(20-7-4-5-8-20)27-31-26(35)25-21(30)9-6-10-23(25)34(22)27/h6,9-12,17-18,20H,4-5,7-8,13-16H2,1-3H3. The van der Waals surface area contributed by atoms with Gasteiger partial charge >= 0.3 is 6.09 Å². The summed E-state index contributed by atoms with van der Waals surface area (Å²) in [6.07, 6.45) is 6.18. The first-order chi connectivity index (χ1) is 17.7. The van der Waals surface area contributed by atoms with Crippen LogP contribution in [0.3, 0.4) is 0 Å². The Hall–Kier alpha value is -2.87. The van der Waals surface area contributed by atoms with Crippen molar-refractivity contribution >= 4 is 49.7 Å². The largest absolute Gasteiger partial charge is 0.444 e. The van der Waals surface area contributed by atoms with Crippen molar-refractivity contribution in [2.75, 3.05) is 13.1 Å². The smallest absolute Gasteiger partial charge is 0.410 e. The van der Waals surface area contributed by atoms with Crippen LogP contribution in [0.4, 0.5) is 4.79 Å². The molecule has 2 aromatic heterocycles. The Morgan fingerprint density at radius 2 is 1.73 bits per heavy atom. The highest BCUT2D eigenvalue weighted by Crippen LogP contribution is 2.38. The number of hydrogen-bond acceptors (Lipinski definition) is 4. The summed E-state index contributed by atoms with van der Waals surface area (Å²) in [7, 11) is 0. The molecule has 0 bridgehead atoms. The molecule has 0 unspecified atom stereocenters. The molecule has 1 aliphatic carbocycles. The lowest BCUT2D eigenvalue weighted by molar-refractivity contribution is 0.0205. The second-order valence-electron chi connectivity index (χ2n) is 11.5. The van der Waals surface area contributed by atoms with E-state index >= 15 is 0 Å². The van der Waals surface area contributed by atoms with Crippen LogP contribution in [-0.4, -0.2) is 43.6 Å². The highest BCUT2D eigenvalue weighted by molar-refractivity contribution is 9.10. The monoisotopic (exact) mass is 564 g/mol. The van der Waals surface area contributed by atoms with Crippen LogP contribution in [0.1, 0.15) is 76.8 Å². The van der Waals surface area contributed by atoms with E-state index in [1.807, 2.05) is 43.9 Å². The summed E-state index contributed by atoms with van der Waals surface area (Å²) >= 11 is 3.57. The molecule has 0 N–H and O–H groups in total. The number of halogens is 1. The minimum atomic E-state index is -0.484. The van der Waals surface area contributed by atoms with Crippen LogP contribution in [-0.2, 0) is 4.74 Å². The summed E-state index contributed by atoms with van der Waals surface area (Å²) < 4.78 is 10.8. The van der Waals surface area contributed by atoms with Crippen molar-refractivity contribution < 1.29 is 9.53 Å². The number of aromatic nitrogens is 3. The fraction of sp³-hybridized carbons (Fsp3) is 0.483. The third-order valence-electron chi connectivity index (χ3n) is 7.87. The molecule has 0 radical (unpaired) electrons. The number of amides is 1. The van der Waals surface area contributed by atoms with Crippen molar-refractivity contribution in [1.82, 2.24) is 18.9 Å². The van der Waals surface area contributed by atoms with E-state index in [1.165, 1.54) is 18.4 Å². The van der Waals surface area contributed by atoms with E-state index in [4.69, 9.17) is 4.74 Å². The van der Waals surface area contributed by atoms with Crippen LogP contribution in [0, 0.1) is 0 Å². The van der Waals surface area contributed by atoms with Gasteiger partial charge in [0, 0.05) is 23.6 Å². The number of imidazole rings is 1. The Labute approximate surface area is 224 Å². The molecular formula is C29H33BrN4O3. The Balaban J connectivity index is 1.43. The highest BCUT2D eigenvalue weighted by Gasteiger charge is 2.29. The number of carbonyl (C=O) groups excluding carboxylic acids is 1. The molecule has 0 spiro atoms. The number of fused-ring (bicyclic) bond motifs is 5. The van der Waals surface area contributed by atoms with Crippen LogP contribution >= 0.6 is 15.9 Å². The maximum Gasteiger partial charge on any atom is 0.410 e. The van der Waals surface area contributed by atoms with Gasteiger partial charge in [-0.05, 0) is 98.1 Å². The minimum absolute atomic E-state index is 0.195. The van der Waals surface area contributed by atoms with Crippen LogP contribution in [0.15, 0.2) is 45.7 Å². The molecule has 1 saturated carbocycles. The first-order valence-corrected chi connectivity index (χ1v) is 14.1. The van der Waals surface area contributed by atoms with Gasteiger partial charge in [0.15, 0.2) is 0 Å². The Bertz CT molecular complexity index is 1570. The number of piperidine rings is 1. The summed E-state index contributed by atoms with van der Waals surface area (Å²) in [4.78, 5) is 32.1. The molecule has 8 heteroatoms. The fourth-order valence-corrected chi connectivity index (χ4v) is 6.67. The summed E-state index contributed by atoms with van der Waals surface area (Å²) in [6.45, 7) is 7.10. The zero-order valence-electron chi connectivity index (χ0n) is 21.7. The Kier molecular flexibility index (Phi) is 6.05. The predicted octanol–water partition coefficient (Wildman–Crippen LogP) is 6.79. The van der Waals surface area contributed by atoms with Crippen molar-refractivity contribution in [3.05, 3.63) is 56.8 Å². The van der Waals surface area contributed by atoms with E-state index in [1.54, 1.807) is 0 Å². The third-order valence-corrected chi connectivity index (χ3v) is 8.53. The summed E-state index contributed by atoms with van der Waals surface area (Å²) in [5, 5.41) is 0.615. The maximum atomic E-state index is 13.1. The number of hydrogen-bond donors (Lipinski definition) is 0. The lowest BCUT2D eigenvalue weighted by atomic mass is 9.89. The molecule has 194 valence electrons. The number of ether oxygens (including phenoxy) is 1. The average molecular weight is 566 g/mol. The van der Waals surface area contributed by atoms with E-state index in [2.05, 4.69) is 48.1 Å². The Morgan fingerprint density at radius 1 is 1.00 bits per heavy atom. The fourth-order valence-electron chi connectivity index (χ4n) is 6.14. The third kappa shape index (κ3) is 4.33. The molecule has 2 fully saturated rings. The number of benzene rings is 2. The second-order valence-corrected chi connectivity index (χ2v) is 12.3. The van der Waals surface area contributed by atoms with Gasteiger partial charge in [-0.15, -0.1) is 0 Å². The van der Waals surface area contributed by atoms with Gasteiger partial charge in [-0.3, -0.25) is 9.20 Å². The zero-order valence-corrected chi connectivity index (χ0v) is 23.3. The van der Waals surface area contributed by atoms with Crippen molar-refractivity contribution in [1.29, 1.82) is 0 Å². The van der Waals surface area contributed by atoms with E-state index < -0.39 is 5.60 Å². The van der Waals surface area contributed by atoms with Crippen LogP contribution in [0.5, 0.6) is 0 Å². The van der Waals surface area contributed by atoms with E-state index in [0.29, 0.717) is 30.4 Å². The Morgan fingerprint density at radius 3 is 2.43 bits per heavy atom. The second kappa shape index (κ2) is 9.15. The normalized spacial score (nSPS) is 17.9. The molecule has 3 heterocycles. The van der Waals surface area contributed by atoms with E-state index in [9.17, 15) is 9.59 Å². The van der Waals surface area contributed by atoms with Crippen LogP contribution in [0.2, 0.25) is 0 Å². The first-order valence-electron chi connectivity index (χ1n) is 13.3. The average Bonchev–Trinajstić information content (AvgIpc) is 3.48. The topological polar surface area (TPSA) is 68.8 Å². The van der Waals surface area contributed by atoms with Gasteiger partial charge in [0.2, 0.25) is 5.78 Å². The van der Waals surface area contributed by atoms with E-state index in [-0.39, 0.29) is 11.7 Å². The lowest BCUT2D eigenvalue weighted by Gasteiger charge is -2.33. The predicted molar refractivity (Wildman–Crippen MR) is 149 cm³/mol. The molecule has 1 amide bonds. The summed E-state index contributed by atoms with van der Waals surface area (Å²) in [5.74, 6) is 1.10. The van der Waals surface area contributed by atoms with Crippen LogP contribution < -0.4 is 5.56 Å². The molecule has 1 saturated heterocycles. The molecule has 1 aliphatic heterocycles. The SMILES string of the molecule is CC(C)(C)OC(=O)N1CCC(c2ccc3c(c2)n(C2CCCC2)c2nc(=O)c4c(Br)cccc4n32)CC1. The summed E-state index contributed by atoms with van der Waals surface area (Å²) in [5.41, 5.74) is 3.70. The van der Waals surface area contributed by atoms with Crippen molar-refractivity contribution in [2.24, 2.45) is 0 Å². The molecule has 2 aromatic carbocycles. The lowest BCUT2D eigenvalue weighted by Crippen LogP contribution is -2.41. The van der Waals surface area contributed by atoms with Gasteiger partial charge in [-0.25, -0.2) is 4.79 Å². The molecule has 37 heavy (non-hydrogen) atoms. The van der Waals surface area contributed by atoms with Crippen molar-refractivity contribution in [3.63, 3.8) is 0 Å². The highest BCUT2D eigenvalue weighted by atomic mass is 79.9. The molecule has 4 aromatic rings. The maximum absolute atomic E-state index is 13.1. The van der Waals surface area contributed by atoms with Crippen LogP contribution in [0.25, 0.3) is 27.7 Å². The molecule has 6 rings (SSSR count). The minimum Gasteiger partial charge on any atom is -0.444 e. The van der Waals surface area contributed by atoms with E-state index in [0.717, 1.165) is 52.5 Å². The van der Waals surface area contributed by atoms with Gasteiger partial charge < -0.3 is 14.2 Å². The first kappa shape index (κ1) is 24.5. The number of carbonyl (C=O) groups is 1. The zero-order chi connectivity index (χ0) is 25.9. The quantitative estimate of drug-likeness (QED) is 0.268. The molecule has 0 atom stereocenters. The van der Waals surface area contributed by atoms with Crippen molar-refractivity contribution in [3.8, 4) is 0 Å². The number of nitrogens with zero attached hydrogens (tertiary/aromatic N) is 4. The van der Waals surface area contributed by atoms with Gasteiger partial charge in [-0.2, -0.15) is 4.98 Å². The van der Waals surface area contributed by atoms with Gasteiger partial charge in [0.1, 0.15) is 5.60 Å². The number of rotatable bonds is 2. The molecular weight excluding hydrogens is 532 g/mol. The summed E-state index contributed by atoms with van der Waals surface area (Å²) in [6, 6.07) is 12.9. The molecule has 2 aliphatic rings. The van der Waals surface area contributed by atoms with Gasteiger partial charge in [-0.1, -0.05) is 25.0 Å². The van der Waals surface area contributed by atoms with Crippen molar-refractivity contribution in [2.45, 2.75) is 76.9 Å². The van der Waals surface area contributed by atoms with Gasteiger partial charge in [0.25, 0.3) is 5.56 Å². The number of likely N-dealkylation sites (tertiary alicyclic amines) is 1. The molecule has 7 nitrogen and oxygen atoms in total. The van der Waals surface area contributed by atoms with Gasteiger partial charge in [0.05, 0.1) is 21.9 Å².